The van der Waals surface area contributed by atoms with Gasteiger partial charge in [0, 0.05) is 36.9 Å². The number of phenols is 2. The first-order chi connectivity index (χ1) is 22.2. The number of benzene rings is 3. The van der Waals surface area contributed by atoms with Crippen molar-refractivity contribution < 1.29 is 33.8 Å². The monoisotopic (exact) mass is 641 g/mol. The molecule has 10 heteroatoms. The molecule has 0 atom stereocenters. The second kappa shape index (κ2) is 14.0. The van der Waals surface area contributed by atoms with Crippen molar-refractivity contribution in [1.29, 1.82) is 0 Å². The molecule has 1 fully saturated rings. The molecule has 5 rings (SSSR count). The van der Waals surface area contributed by atoms with E-state index < -0.39 is 5.91 Å². The lowest BCUT2D eigenvalue weighted by Crippen LogP contribution is -2.27. The van der Waals surface area contributed by atoms with Gasteiger partial charge in [-0.05, 0) is 79.5 Å². The van der Waals surface area contributed by atoms with Crippen molar-refractivity contribution in [1.82, 2.24) is 4.90 Å². The highest BCUT2D eigenvalue weighted by Gasteiger charge is 2.42. The summed E-state index contributed by atoms with van der Waals surface area (Å²) in [5, 5.41) is 26.4. The summed E-state index contributed by atoms with van der Waals surface area (Å²) >= 11 is 0. The quantitative estimate of drug-likeness (QED) is 0.106. The Morgan fingerprint density at radius 1 is 0.979 bits per heavy atom. The first-order valence-electron chi connectivity index (χ1n) is 15.4. The number of carbonyl (C=O) groups is 3. The van der Waals surface area contributed by atoms with E-state index in [1.165, 1.54) is 17.2 Å². The van der Waals surface area contributed by atoms with Gasteiger partial charge < -0.3 is 34.9 Å². The highest BCUT2D eigenvalue weighted by atomic mass is 16.5. The summed E-state index contributed by atoms with van der Waals surface area (Å²) < 4.78 is 11.1. The minimum absolute atomic E-state index is 0.0117. The maximum atomic E-state index is 12.4. The first-order valence-corrected chi connectivity index (χ1v) is 15.4. The highest BCUT2D eigenvalue weighted by Crippen LogP contribution is 2.53. The molecule has 47 heavy (non-hydrogen) atoms. The number of carbonyl (C=O) groups excluding carboxylic acids is 3. The zero-order valence-electron chi connectivity index (χ0n) is 27.9. The maximum absolute atomic E-state index is 12.4. The second-order valence-corrected chi connectivity index (χ2v) is 12.9. The Morgan fingerprint density at radius 2 is 1.64 bits per heavy atom. The Morgan fingerprint density at radius 3 is 2.19 bits per heavy atom. The standard InChI is InChI=1S/C22H21NO4.C15H22N2O3/c1-14-5-7-15(8-6-14)27-16-12-17(22(2)9-10-22)20(24)18(13-16)23-21(25)19-4-3-11-26-19;1-6-15(2,3)11-7-10(9-18)8-12(13(11)19)16-14(20)17(4)5/h3-8,11-13,24H,9-10H2,1-2H3,(H,23,25);7-9,19H,6H2,1-5H3,(H,16,20). The Hall–Kier alpha value is -5.25. The van der Waals surface area contributed by atoms with Crippen LogP contribution >= 0.6 is 0 Å². The van der Waals surface area contributed by atoms with Crippen molar-refractivity contribution in [2.45, 2.75) is 64.7 Å². The van der Waals surface area contributed by atoms with Crippen LogP contribution in [0, 0.1) is 6.92 Å². The number of aromatic hydroxyl groups is 2. The normalized spacial score (nSPS) is 13.1. The van der Waals surface area contributed by atoms with Gasteiger partial charge in [-0.2, -0.15) is 0 Å². The summed E-state index contributed by atoms with van der Waals surface area (Å²) in [6, 6.07) is 17.2. The number of amides is 3. The molecule has 0 radical (unpaired) electrons. The third kappa shape index (κ3) is 8.32. The van der Waals surface area contributed by atoms with Crippen LogP contribution in [0.3, 0.4) is 0 Å². The van der Waals surface area contributed by atoms with Crippen LogP contribution < -0.4 is 15.4 Å². The van der Waals surface area contributed by atoms with Crippen LogP contribution in [-0.2, 0) is 10.8 Å². The molecule has 10 nitrogen and oxygen atoms in total. The molecule has 1 aliphatic rings. The van der Waals surface area contributed by atoms with E-state index in [2.05, 4.69) is 17.6 Å². The molecule has 1 heterocycles. The minimum atomic E-state index is -0.422. The van der Waals surface area contributed by atoms with E-state index in [-0.39, 0.29) is 39.8 Å². The van der Waals surface area contributed by atoms with Crippen LogP contribution in [0.4, 0.5) is 16.2 Å². The summed E-state index contributed by atoms with van der Waals surface area (Å²) in [5.41, 5.74) is 3.18. The number of anilines is 2. The summed E-state index contributed by atoms with van der Waals surface area (Å²) in [6.07, 6.45) is 4.91. The molecule has 0 aliphatic heterocycles. The maximum Gasteiger partial charge on any atom is 0.321 e. The third-order valence-corrected chi connectivity index (χ3v) is 8.51. The molecule has 4 aromatic rings. The molecular weight excluding hydrogens is 598 g/mol. The van der Waals surface area contributed by atoms with Crippen molar-refractivity contribution >= 4 is 29.6 Å². The van der Waals surface area contributed by atoms with Crippen LogP contribution in [0.1, 0.15) is 84.6 Å². The number of urea groups is 1. The first kappa shape index (κ1) is 34.6. The van der Waals surface area contributed by atoms with Gasteiger partial charge in [0.15, 0.2) is 5.76 Å². The number of hydrogen-bond donors (Lipinski definition) is 4. The van der Waals surface area contributed by atoms with Gasteiger partial charge in [0.1, 0.15) is 29.3 Å². The number of rotatable bonds is 9. The van der Waals surface area contributed by atoms with Crippen LogP contribution in [-0.4, -0.2) is 47.4 Å². The molecule has 0 bridgehead atoms. The van der Waals surface area contributed by atoms with Gasteiger partial charge in [0.05, 0.1) is 17.6 Å². The van der Waals surface area contributed by atoms with Crippen molar-refractivity contribution in [3.05, 3.63) is 94.9 Å². The third-order valence-electron chi connectivity index (χ3n) is 8.51. The predicted octanol–water partition coefficient (Wildman–Crippen LogP) is 8.38. The van der Waals surface area contributed by atoms with Gasteiger partial charge in [-0.1, -0.05) is 45.4 Å². The van der Waals surface area contributed by atoms with Gasteiger partial charge in [0.25, 0.3) is 5.91 Å². The van der Waals surface area contributed by atoms with E-state index in [0.717, 1.165) is 30.4 Å². The fourth-order valence-electron chi connectivity index (χ4n) is 4.77. The van der Waals surface area contributed by atoms with Crippen molar-refractivity contribution in [2.24, 2.45) is 0 Å². The molecule has 0 spiro atoms. The molecular formula is C37H43N3O7. The summed E-state index contributed by atoms with van der Waals surface area (Å²) in [4.78, 5) is 36.5. The highest BCUT2D eigenvalue weighted by molar-refractivity contribution is 6.03. The molecule has 4 N–H and O–H groups in total. The Labute approximate surface area is 275 Å². The van der Waals surface area contributed by atoms with Gasteiger partial charge in [-0.25, -0.2) is 4.79 Å². The van der Waals surface area contributed by atoms with Crippen LogP contribution in [0.25, 0.3) is 0 Å². The minimum Gasteiger partial charge on any atom is -0.505 e. The lowest BCUT2D eigenvalue weighted by Gasteiger charge is -2.26. The number of aldehydes is 1. The Balaban J connectivity index is 0.000000224. The summed E-state index contributed by atoms with van der Waals surface area (Å²) in [5.74, 6) is 1.10. The molecule has 3 aromatic carbocycles. The topological polar surface area (TPSA) is 141 Å². The average Bonchev–Trinajstić information content (AvgIpc) is 3.53. The largest absolute Gasteiger partial charge is 0.505 e. The molecule has 1 aromatic heterocycles. The SMILES string of the molecule is CCC(C)(C)c1cc(C=O)cc(NC(=O)N(C)C)c1O.Cc1ccc(Oc2cc(NC(=O)c3ccco3)c(O)c(C3(C)CC3)c2)cc1. The van der Waals surface area contributed by atoms with E-state index in [0.29, 0.717) is 34.6 Å². The van der Waals surface area contributed by atoms with E-state index in [1.54, 1.807) is 38.4 Å². The number of furan rings is 1. The molecule has 1 aliphatic carbocycles. The summed E-state index contributed by atoms with van der Waals surface area (Å²) in [7, 11) is 3.21. The molecule has 1 saturated carbocycles. The van der Waals surface area contributed by atoms with Gasteiger partial charge in [0.2, 0.25) is 0 Å². The number of nitrogens with zero attached hydrogens (tertiary/aromatic N) is 1. The number of aryl methyl sites for hydroxylation is 1. The number of phenolic OH excluding ortho intramolecular Hbond substituents is 2. The second-order valence-electron chi connectivity index (χ2n) is 12.9. The fourth-order valence-corrected chi connectivity index (χ4v) is 4.77. The van der Waals surface area contributed by atoms with E-state index in [9.17, 15) is 24.6 Å². The number of nitrogens with one attached hydrogen (secondary N) is 2. The van der Waals surface area contributed by atoms with Crippen molar-refractivity contribution in [2.75, 3.05) is 24.7 Å². The fraction of sp³-hybridized carbons (Fsp3) is 0.324. The number of ether oxygens (including phenoxy) is 1. The zero-order valence-corrected chi connectivity index (χ0v) is 27.9. The molecule has 3 amide bonds. The van der Waals surface area contributed by atoms with Gasteiger partial charge in [-0.3, -0.25) is 9.59 Å². The van der Waals surface area contributed by atoms with Gasteiger partial charge >= 0.3 is 6.03 Å². The molecule has 248 valence electrons. The van der Waals surface area contributed by atoms with Crippen LogP contribution in [0.5, 0.6) is 23.0 Å². The van der Waals surface area contributed by atoms with Crippen LogP contribution in [0.15, 0.2) is 71.3 Å². The van der Waals surface area contributed by atoms with Gasteiger partial charge in [-0.15, -0.1) is 0 Å². The summed E-state index contributed by atoms with van der Waals surface area (Å²) in [6.45, 7) is 10.1. The molecule has 0 unspecified atom stereocenters. The molecule has 0 saturated heterocycles. The van der Waals surface area contributed by atoms with Crippen molar-refractivity contribution in [3.63, 3.8) is 0 Å². The average molecular weight is 642 g/mol. The lowest BCUT2D eigenvalue weighted by molar-refractivity contribution is 0.0995. The number of hydrogen-bond acceptors (Lipinski definition) is 7. The predicted molar refractivity (Wildman–Crippen MR) is 182 cm³/mol. The van der Waals surface area contributed by atoms with Crippen molar-refractivity contribution in [3.8, 4) is 23.0 Å². The van der Waals surface area contributed by atoms with E-state index in [4.69, 9.17) is 9.15 Å². The zero-order chi connectivity index (χ0) is 34.5. The van der Waals surface area contributed by atoms with E-state index >= 15 is 0 Å². The van der Waals surface area contributed by atoms with E-state index in [1.807, 2.05) is 58.0 Å². The smallest absolute Gasteiger partial charge is 0.321 e. The Kier molecular flexibility index (Phi) is 10.3. The lowest BCUT2D eigenvalue weighted by atomic mass is 9.80. The Bertz CT molecular complexity index is 1740. The van der Waals surface area contributed by atoms with Crippen LogP contribution in [0.2, 0.25) is 0 Å².